The molecule has 21 heavy (non-hydrogen) atoms. The SMILES string of the molecule is CC1CCNCC1NC(=O)c1ccc(CNC(N)=O)cc1. The van der Waals surface area contributed by atoms with E-state index in [9.17, 15) is 9.59 Å². The van der Waals surface area contributed by atoms with Crippen molar-refractivity contribution in [1.82, 2.24) is 16.0 Å². The van der Waals surface area contributed by atoms with E-state index in [4.69, 9.17) is 5.73 Å². The van der Waals surface area contributed by atoms with Gasteiger partial charge >= 0.3 is 6.03 Å². The van der Waals surface area contributed by atoms with Gasteiger partial charge in [0.1, 0.15) is 0 Å². The molecule has 1 aromatic carbocycles. The molecule has 3 amide bonds. The number of piperidine rings is 1. The average Bonchev–Trinajstić information content (AvgIpc) is 2.48. The highest BCUT2D eigenvalue weighted by Crippen LogP contribution is 2.12. The zero-order chi connectivity index (χ0) is 15.2. The summed E-state index contributed by atoms with van der Waals surface area (Å²) in [5, 5.41) is 8.87. The minimum absolute atomic E-state index is 0.0649. The van der Waals surface area contributed by atoms with Crippen LogP contribution in [0.25, 0.3) is 0 Å². The van der Waals surface area contributed by atoms with Gasteiger partial charge in [-0.15, -0.1) is 0 Å². The summed E-state index contributed by atoms with van der Waals surface area (Å²) >= 11 is 0. The molecule has 2 atom stereocenters. The fraction of sp³-hybridized carbons (Fsp3) is 0.467. The lowest BCUT2D eigenvalue weighted by Gasteiger charge is -2.30. The van der Waals surface area contributed by atoms with Crippen LogP contribution in [0.15, 0.2) is 24.3 Å². The maximum Gasteiger partial charge on any atom is 0.312 e. The minimum atomic E-state index is -0.560. The number of nitrogens with one attached hydrogen (secondary N) is 3. The van der Waals surface area contributed by atoms with Crippen molar-refractivity contribution in [2.75, 3.05) is 13.1 Å². The van der Waals surface area contributed by atoms with E-state index in [1.165, 1.54) is 0 Å². The Labute approximate surface area is 124 Å². The van der Waals surface area contributed by atoms with Gasteiger partial charge in [-0.3, -0.25) is 4.79 Å². The summed E-state index contributed by atoms with van der Waals surface area (Å²) in [5.74, 6) is 0.416. The Bertz CT molecular complexity index is 501. The van der Waals surface area contributed by atoms with Crippen LogP contribution in [-0.4, -0.2) is 31.1 Å². The first-order valence-corrected chi connectivity index (χ1v) is 7.20. The van der Waals surface area contributed by atoms with Crippen LogP contribution in [0.3, 0.4) is 0 Å². The number of carbonyl (C=O) groups excluding carboxylic acids is 2. The Balaban J connectivity index is 1.91. The van der Waals surface area contributed by atoms with E-state index < -0.39 is 6.03 Å². The van der Waals surface area contributed by atoms with Gasteiger partial charge in [0, 0.05) is 24.7 Å². The highest BCUT2D eigenvalue weighted by molar-refractivity contribution is 5.94. The maximum atomic E-state index is 12.2. The topological polar surface area (TPSA) is 96.2 Å². The second kappa shape index (κ2) is 7.08. The number of hydrogen-bond acceptors (Lipinski definition) is 3. The summed E-state index contributed by atoms with van der Waals surface area (Å²) in [6.45, 7) is 4.34. The van der Waals surface area contributed by atoms with Crippen molar-refractivity contribution in [3.05, 3.63) is 35.4 Å². The molecule has 0 aromatic heterocycles. The zero-order valence-electron chi connectivity index (χ0n) is 12.2. The number of nitrogens with two attached hydrogens (primary N) is 1. The molecule has 0 bridgehead atoms. The summed E-state index contributed by atoms with van der Waals surface area (Å²) in [5.41, 5.74) is 6.54. The van der Waals surface area contributed by atoms with Crippen LogP contribution in [0.1, 0.15) is 29.3 Å². The Morgan fingerprint density at radius 3 is 2.67 bits per heavy atom. The van der Waals surface area contributed by atoms with Crippen LogP contribution < -0.4 is 21.7 Å². The quantitative estimate of drug-likeness (QED) is 0.653. The van der Waals surface area contributed by atoms with Crippen molar-refractivity contribution < 1.29 is 9.59 Å². The minimum Gasteiger partial charge on any atom is -0.352 e. The van der Waals surface area contributed by atoms with Gasteiger partial charge in [-0.1, -0.05) is 19.1 Å². The summed E-state index contributed by atoms with van der Waals surface area (Å²) < 4.78 is 0. The molecule has 0 saturated carbocycles. The Kier molecular flexibility index (Phi) is 5.16. The number of hydrogen-bond donors (Lipinski definition) is 4. The van der Waals surface area contributed by atoms with Crippen molar-refractivity contribution in [1.29, 1.82) is 0 Å². The van der Waals surface area contributed by atoms with Crippen LogP contribution in [0, 0.1) is 5.92 Å². The van der Waals surface area contributed by atoms with Crippen molar-refractivity contribution in [2.45, 2.75) is 25.9 Å². The van der Waals surface area contributed by atoms with Gasteiger partial charge in [-0.05, 0) is 36.6 Å². The number of primary amides is 1. The number of amides is 3. The molecular formula is C15H22N4O2. The molecule has 0 spiro atoms. The first-order valence-electron chi connectivity index (χ1n) is 7.20. The lowest BCUT2D eigenvalue weighted by molar-refractivity contribution is 0.0915. The van der Waals surface area contributed by atoms with Gasteiger partial charge in [-0.2, -0.15) is 0 Å². The average molecular weight is 290 g/mol. The van der Waals surface area contributed by atoms with E-state index in [0.29, 0.717) is 18.0 Å². The van der Waals surface area contributed by atoms with E-state index in [0.717, 1.165) is 25.1 Å². The van der Waals surface area contributed by atoms with E-state index in [1.54, 1.807) is 12.1 Å². The largest absolute Gasteiger partial charge is 0.352 e. The van der Waals surface area contributed by atoms with Gasteiger partial charge in [0.05, 0.1) is 0 Å². The fourth-order valence-corrected chi connectivity index (χ4v) is 2.40. The normalized spacial score (nSPS) is 21.6. The molecule has 6 nitrogen and oxygen atoms in total. The molecule has 1 saturated heterocycles. The number of benzene rings is 1. The molecule has 1 aliphatic heterocycles. The molecule has 1 fully saturated rings. The van der Waals surface area contributed by atoms with Gasteiger partial charge in [0.2, 0.25) is 0 Å². The molecule has 2 unspecified atom stereocenters. The van der Waals surface area contributed by atoms with Gasteiger partial charge < -0.3 is 21.7 Å². The number of rotatable bonds is 4. The predicted molar refractivity (Wildman–Crippen MR) is 80.8 cm³/mol. The Hall–Kier alpha value is -2.08. The molecule has 0 aliphatic carbocycles. The molecule has 114 valence electrons. The van der Waals surface area contributed by atoms with Gasteiger partial charge in [0.25, 0.3) is 5.91 Å². The number of carbonyl (C=O) groups is 2. The third-order valence-electron chi connectivity index (χ3n) is 3.83. The van der Waals surface area contributed by atoms with Crippen LogP contribution in [0.2, 0.25) is 0 Å². The predicted octanol–water partition coefficient (Wildman–Crippen LogP) is 0.583. The summed E-state index contributed by atoms with van der Waals surface area (Å²) in [4.78, 5) is 22.8. The van der Waals surface area contributed by atoms with E-state index >= 15 is 0 Å². The molecule has 1 aromatic rings. The van der Waals surface area contributed by atoms with E-state index in [2.05, 4.69) is 22.9 Å². The molecule has 0 radical (unpaired) electrons. The van der Waals surface area contributed by atoms with Crippen LogP contribution in [-0.2, 0) is 6.54 Å². The molecule has 5 N–H and O–H groups in total. The van der Waals surface area contributed by atoms with Crippen LogP contribution in [0.4, 0.5) is 4.79 Å². The van der Waals surface area contributed by atoms with E-state index in [-0.39, 0.29) is 11.9 Å². The third-order valence-corrected chi connectivity index (χ3v) is 3.83. The molecule has 1 heterocycles. The van der Waals surface area contributed by atoms with Gasteiger partial charge in [-0.25, -0.2) is 4.79 Å². The monoisotopic (exact) mass is 290 g/mol. The standard InChI is InChI=1S/C15H22N4O2/c1-10-6-7-17-9-13(10)19-14(20)12-4-2-11(3-5-12)8-18-15(16)21/h2-5,10,13,17H,6-9H2,1H3,(H,19,20)(H3,16,18,21). The van der Waals surface area contributed by atoms with Crippen molar-refractivity contribution >= 4 is 11.9 Å². The third kappa shape index (κ3) is 4.46. The first-order chi connectivity index (χ1) is 10.1. The van der Waals surface area contributed by atoms with Crippen molar-refractivity contribution in [3.8, 4) is 0 Å². The second-order valence-corrected chi connectivity index (χ2v) is 5.46. The van der Waals surface area contributed by atoms with Crippen LogP contribution in [0.5, 0.6) is 0 Å². The van der Waals surface area contributed by atoms with Crippen molar-refractivity contribution in [2.24, 2.45) is 11.7 Å². The number of urea groups is 1. The Morgan fingerprint density at radius 1 is 1.33 bits per heavy atom. The Morgan fingerprint density at radius 2 is 2.05 bits per heavy atom. The van der Waals surface area contributed by atoms with Gasteiger partial charge in [0.15, 0.2) is 0 Å². The first kappa shape index (κ1) is 15.3. The molecule has 6 heteroatoms. The highest BCUT2D eigenvalue weighted by atomic mass is 16.2. The summed E-state index contributed by atoms with van der Waals surface area (Å²) in [6, 6.07) is 6.75. The smallest absolute Gasteiger partial charge is 0.312 e. The summed E-state index contributed by atoms with van der Waals surface area (Å²) in [7, 11) is 0. The zero-order valence-corrected chi connectivity index (χ0v) is 12.2. The lowest BCUT2D eigenvalue weighted by Crippen LogP contribution is -2.50. The lowest BCUT2D eigenvalue weighted by atomic mass is 9.94. The maximum absolute atomic E-state index is 12.2. The summed E-state index contributed by atoms with van der Waals surface area (Å²) in [6.07, 6.45) is 1.07. The van der Waals surface area contributed by atoms with Crippen molar-refractivity contribution in [3.63, 3.8) is 0 Å². The molecule has 2 rings (SSSR count). The molecular weight excluding hydrogens is 268 g/mol. The second-order valence-electron chi connectivity index (χ2n) is 5.46. The molecule has 1 aliphatic rings. The highest BCUT2D eigenvalue weighted by Gasteiger charge is 2.22. The fourth-order valence-electron chi connectivity index (χ4n) is 2.40. The van der Waals surface area contributed by atoms with E-state index in [1.807, 2.05) is 12.1 Å². The van der Waals surface area contributed by atoms with Crippen LogP contribution >= 0.6 is 0 Å².